The van der Waals surface area contributed by atoms with Crippen LogP contribution in [0.15, 0.2) is 39.4 Å². The van der Waals surface area contributed by atoms with E-state index in [-0.39, 0.29) is 23.2 Å². The van der Waals surface area contributed by atoms with Crippen LogP contribution < -0.4 is 0 Å². The predicted octanol–water partition coefficient (Wildman–Crippen LogP) is 4.04. The Balaban J connectivity index is 2.01. The molecule has 0 aliphatic carbocycles. The molecule has 1 heterocycles. The van der Waals surface area contributed by atoms with Gasteiger partial charge in [0, 0.05) is 0 Å². The lowest BCUT2D eigenvalue weighted by atomic mass is 10.2. The van der Waals surface area contributed by atoms with Gasteiger partial charge in [-0.05, 0) is 40.2 Å². The van der Waals surface area contributed by atoms with Crippen LogP contribution in [-0.4, -0.2) is 0 Å². The normalized spacial score (nSPS) is 10.8. The van der Waals surface area contributed by atoms with Gasteiger partial charge < -0.3 is 9.15 Å². The van der Waals surface area contributed by atoms with Crippen molar-refractivity contribution >= 4 is 15.9 Å². The molecule has 0 saturated carbocycles. The van der Waals surface area contributed by atoms with E-state index in [2.05, 4.69) is 15.9 Å². The number of ether oxygens (including phenoxy) is 1. The lowest BCUT2D eigenvalue weighted by Gasteiger charge is -2.06. The van der Waals surface area contributed by atoms with Crippen LogP contribution in [0.4, 0.5) is 8.78 Å². The summed E-state index contributed by atoms with van der Waals surface area (Å²) in [6, 6.07) is 5.96. The van der Waals surface area contributed by atoms with Crippen molar-refractivity contribution < 1.29 is 17.9 Å². The Labute approximate surface area is 105 Å². The highest BCUT2D eigenvalue weighted by Crippen LogP contribution is 2.22. The van der Waals surface area contributed by atoms with Gasteiger partial charge in [0.1, 0.15) is 24.0 Å². The van der Waals surface area contributed by atoms with Crippen molar-refractivity contribution in [3.63, 3.8) is 0 Å². The molecule has 0 atom stereocenters. The summed E-state index contributed by atoms with van der Waals surface area (Å²) in [5.41, 5.74) is -0.0917. The van der Waals surface area contributed by atoms with Crippen LogP contribution in [0.5, 0.6) is 0 Å². The van der Waals surface area contributed by atoms with E-state index in [0.717, 1.165) is 0 Å². The van der Waals surface area contributed by atoms with Crippen LogP contribution in [0, 0.1) is 11.6 Å². The molecule has 0 amide bonds. The van der Waals surface area contributed by atoms with Crippen molar-refractivity contribution in [1.82, 2.24) is 0 Å². The molecule has 0 unspecified atom stereocenters. The fourth-order valence-corrected chi connectivity index (χ4v) is 1.72. The molecule has 17 heavy (non-hydrogen) atoms. The van der Waals surface area contributed by atoms with Crippen molar-refractivity contribution in [2.45, 2.75) is 13.2 Å². The molecule has 0 radical (unpaired) electrons. The standard InChI is InChI=1S/C12H9BrF2O2/c13-10-3-4-11(14)9(12(10)15)7-16-6-8-2-1-5-17-8/h1-5H,6-7H2. The Morgan fingerprint density at radius 3 is 2.71 bits per heavy atom. The molecule has 1 aromatic carbocycles. The molecular weight excluding hydrogens is 294 g/mol. The van der Waals surface area contributed by atoms with Crippen LogP contribution in [0.1, 0.15) is 11.3 Å². The van der Waals surface area contributed by atoms with Gasteiger partial charge in [-0.3, -0.25) is 0 Å². The maximum Gasteiger partial charge on any atom is 0.145 e. The van der Waals surface area contributed by atoms with Gasteiger partial charge in [0.25, 0.3) is 0 Å². The van der Waals surface area contributed by atoms with Crippen LogP contribution in [0.25, 0.3) is 0 Å². The Morgan fingerprint density at radius 2 is 2.00 bits per heavy atom. The average molecular weight is 303 g/mol. The number of hydrogen-bond donors (Lipinski definition) is 0. The average Bonchev–Trinajstić information content (AvgIpc) is 2.81. The zero-order valence-electron chi connectivity index (χ0n) is 8.75. The molecule has 2 nitrogen and oxygen atoms in total. The van der Waals surface area contributed by atoms with Gasteiger partial charge in [-0.2, -0.15) is 0 Å². The predicted molar refractivity (Wildman–Crippen MR) is 61.3 cm³/mol. The highest BCUT2D eigenvalue weighted by atomic mass is 79.9. The Hall–Kier alpha value is -1.20. The monoisotopic (exact) mass is 302 g/mol. The smallest absolute Gasteiger partial charge is 0.145 e. The van der Waals surface area contributed by atoms with Crippen LogP contribution >= 0.6 is 15.9 Å². The van der Waals surface area contributed by atoms with E-state index in [1.807, 2.05) is 0 Å². The summed E-state index contributed by atoms with van der Waals surface area (Å²) >= 11 is 3.00. The molecule has 2 aromatic rings. The van der Waals surface area contributed by atoms with E-state index >= 15 is 0 Å². The van der Waals surface area contributed by atoms with E-state index in [1.165, 1.54) is 18.4 Å². The third kappa shape index (κ3) is 2.92. The van der Waals surface area contributed by atoms with Gasteiger partial charge in [0.15, 0.2) is 0 Å². The molecule has 2 rings (SSSR count). The van der Waals surface area contributed by atoms with Crippen molar-refractivity contribution in [2.75, 3.05) is 0 Å². The topological polar surface area (TPSA) is 22.4 Å². The first-order valence-electron chi connectivity index (χ1n) is 4.91. The maximum absolute atomic E-state index is 13.5. The Morgan fingerprint density at radius 1 is 1.18 bits per heavy atom. The van der Waals surface area contributed by atoms with E-state index in [0.29, 0.717) is 5.76 Å². The SMILES string of the molecule is Fc1ccc(Br)c(F)c1COCc1ccco1. The first-order chi connectivity index (χ1) is 8.18. The maximum atomic E-state index is 13.5. The molecule has 5 heteroatoms. The quantitative estimate of drug-likeness (QED) is 0.795. The van der Waals surface area contributed by atoms with Crippen molar-refractivity contribution in [2.24, 2.45) is 0 Å². The third-order valence-electron chi connectivity index (χ3n) is 2.21. The minimum atomic E-state index is -0.635. The second-order valence-corrected chi connectivity index (χ2v) is 4.25. The third-order valence-corrected chi connectivity index (χ3v) is 2.82. The molecule has 0 aliphatic heterocycles. The number of benzene rings is 1. The van der Waals surface area contributed by atoms with Crippen molar-refractivity contribution in [3.8, 4) is 0 Å². The fraction of sp³-hybridized carbons (Fsp3) is 0.167. The molecule has 0 N–H and O–H groups in total. The van der Waals surface area contributed by atoms with Gasteiger partial charge in [-0.1, -0.05) is 0 Å². The number of halogens is 3. The zero-order chi connectivity index (χ0) is 12.3. The summed E-state index contributed by atoms with van der Waals surface area (Å²) in [6.07, 6.45) is 1.51. The summed E-state index contributed by atoms with van der Waals surface area (Å²) in [6.45, 7) is 0.0379. The minimum absolute atomic E-state index is 0.0917. The molecular formula is C12H9BrF2O2. The zero-order valence-corrected chi connectivity index (χ0v) is 10.3. The minimum Gasteiger partial charge on any atom is -0.467 e. The van der Waals surface area contributed by atoms with Crippen molar-refractivity contribution in [3.05, 3.63) is 58.0 Å². The second-order valence-electron chi connectivity index (χ2n) is 3.39. The molecule has 0 aliphatic rings. The molecule has 0 spiro atoms. The largest absolute Gasteiger partial charge is 0.467 e. The summed E-state index contributed by atoms with van der Waals surface area (Å²) in [5, 5.41) is 0. The van der Waals surface area contributed by atoms with E-state index in [1.54, 1.807) is 12.1 Å². The molecule has 0 bridgehead atoms. The Bertz CT molecular complexity index is 497. The summed E-state index contributed by atoms with van der Waals surface area (Å²) < 4.78 is 37.3. The molecule has 0 saturated heterocycles. The van der Waals surface area contributed by atoms with E-state index in [9.17, 15) is 8.78 Å². The molecule has 90 valence electrons. The van der Waals surface area contributed by atoms with Gasteiger partial charge in [0.05, 0.1) is 22.9 Å². The van der Waals surface area contributed by atoms with Crippen LogP contribution in [0.3, 0.4) is 0 Å². The summed E-state index contributed by atoms with van der Waals surface area (Å²) in [5.74, 6) is -0.643. The highest BCUT2D eigenvalue weighted by molar-refractivity contribution is 9.10. The number of furan rings is 1. The van der Waals surface area contributed by atoms with E-state index < -0.39 is 11.6 Å². The second kappa shape index (κ2) is 5.42. The fourth-order valence-electron chi connectivity index (χ4n) is 1.35. The summed E-state index contributed by atoms with van der Waals surface area (Å²) in [7, 11) is 0. The summed E-state index contributed by atoms with van der Waals surface area (Å²) in [4.78, 5) is 0. The molecule has 0 fully saturated rings. The van der Waals surface area contributed by atoms with Crippen LogP contribution in [0.2, 0.25) is 0 Å². The Kier molecular flexibility index (Phi) is 3.91. The lowest BCUT2D eigenvalue weighted by molar-refractivity contribution is 0.0885. The highest BCUT2D eigenvalue weighted by Gasteiger charge is 2.12. The van der Waals surface area contributed by atoms with Gasteiger partial charge >= 0.3 is 0 Å². The van der Waals surface area contributed by atoms with Crippen molar-refractivity contribution in [1.29, 1.82) is 0 Å². The van der Waals surface area contributed by atoms with Gasteiger partial charge in [-0.15, -0.1) is 0 Å². The first-order valence-corrected chi connectivity index (χ1v) is 5.70. The lowest BCUT2D eigenvalue weighted by Crippen LogP contribution is -2.00. The molecule has 1 aromatic heterocycles. The number of rotatable bonds is 4. The van der Waals surface area contributed by atoms with Gasteiger partial charge in [0.2, 0.25) is 0 Å². The van der Waals surface area contributed by atoms with Crippen LogP contribution in [-0.2, 0) is 18.0 Å². The number of hydrogen-bond acceptors (Lipinski definition) is 2. The first kappa shape index (κ1) is 12.3. The van der Waals surface area contributed by atoms with Gasteiger partial charge in [-0.25, -0.2) is 8.78 Å². The van der Waals surface area contributed by atoms with E-state index in [4.69, 9.17) is 9.15 Å².